The maximum absolute atomic E-state index is 9.60. The number of thioether (sulfide) groups is 1. The van der Waals surface area contributed by atoms with E-state index in [0.29, 0.717) is 6.42 Å². The number of carbonyl (C=O) groups is 1. The molecule has 0 aromatic rings. The lowest BCUT2D eigenvalue weighted by atomic mass is 10.3. The Morgan fingerprint density at radius 1 is 1.67 bits per heavy atom. The van der Waals surface area contributed by atoms with Gasteiger partial charge < -0.3 is 5.11 Å². The second-order valence-electron chi connectivity index (χ2n) is 2.97. The van der Waals surface area contributed by atoms with Gasteiger partial charge in [0.25, 0.3) is 0 Å². The van der Waals surface area contributed by atoms with Gasteiger partial charge in [0.15, 0.2) is 0 Å². The third kappa shape index (κ3) is 7.92. The van der Waals surface area contributed by atoms with Crippen molar-refractivity contribution in [3.63, 3.8) is 0 Å². The molecule has 72 valence electrons. The normalized spacial score (nSPS) is 21.3. The van der Waals surface area contributed by atoms with Crippen molar-refractivity contribution in [2.24, 2.45) is 0 Å². The summed E-state index contributed by atoms with van der Waals surface area (Å²) in [6.07, 6.45) is 3.92. The lowest BCUT2D eigenvalue weighted by molar-refractivity contribution is -0.137. The maximum atomic E-state index is 9.60. The first-order chi connectivity index (χ1) is 5.66. The molecule has 2 nitrogen and oxygen atoms in total. The van der Waals surface area contributed by atoms with Gasteiger partial charge in [-0.15, -0.1) is 0 Å². The first-order valence-corrected chi connectivity index (χ1v) is 5.55. The second kappa shape index (κ2) is 7.47. The molecule has 0 amide bonds. The molecule has 1 aliphatic heterocycles. The summed E-state index contributed by atoms with van der Waals surface area (Å²) in [6, 6.07) is 0. The smallest absolute Gasteiger partial charge is 0.303 e. The van der Waals surface area contributed by atoms with Crippen LogP contribution in [0.5, 0.6) is 0 Å². The Bertz CT molecular complexity index is 120. The molecule has 0 spiro atoms. The molecule has 0 aliphatic carbocycles. The molecule has 1 saturated heterocycles. The van der Waals surface area contributed by atoms with Crippen LogP contribution in [0, 0.1) is 0 Å². The number of hydrogen-bond acceptors (Lipinski definition) is 2. The highest BCUT2D eigenvalue weighted by Gasteiger charge is 2.07. The monoisotopic (exact) mass is 190 g/mol. The summed E-state index contributed by atoms with van der Waals surface area (Å²) in [4.78, 5) is 9.60. The fourth-order valence-corrected chi connectivity index (χ4v) is 2.02. The van der Waals surface area contributed by atoms with E-state index < -0.39 is 5.97 Å². The number of hydrogen-bond donors (Lipinski definition) is 1. The summed E-state index contributed by atoms with van der Waals surface area (Å²) >= 11 is 2.10. The van der Waals surface area contributed by atoms with Gasteiger partial charge in [-0.1, -0.05) is 13.8 Å². The number of carboxylic acid groups (broad SMARTS) is 1. The van der Waals surface area contributed by atoms with Crippen molar-refractivity contribution >= 4 is 17.7 Å². The fourth-order valence-electron chi connectivity index (χ4n) is 0.953. The molecule has 0 bridgehead atoms. The van der Waals surface area contributed by atoms with Gasteiger partial charge >= 0.3 is 5.97 Å². The minimum Gasteiger partial charge on any atom is -0.481 e. The molecule has 1 N–H and O–H groups in total. The molecule has 0 aromatic heterocycles. The molecule has 0 saturated carbocycles. The molecule has 1 heterocycles. The highest BCUT2D eigenvalue weighted by Crippen LogP contribution is 2.24. The summed E-state index contributed by atoms with van der Waals surface area (Å²) < 4.78 is 0. The van der Waals surface area contributed by atoms with Crippen molar-refractivity contribution in [3.8, 4) is 0 Å². The summed E-state index contributed by atoms with van der Waals surface area (Å²) in [5, 5.41) is 8.88. The third-order valence-corrected chi connectivity index (χ3v) is 2.95. The van der Waals surface area contributed by atoms with Gasteiger partial charge in [0.1, 0.15) is 0 Å². The van der Waals surface area contributed by atoms with E-state index in [-0.39, 0.29) is 0 Å². The summed E-state index contributed by atoms with van der Waals surface area (Å²) in [5.74, 6) is 0.693. The van der Waals surface area contributed by atoms with Crippen LogP contribution < -0.4 is 0 Å². The van der Waals surface area contributed by atoms with Crippen molar-refractivity contribution in [1.82, 2.24) is 0 Å². The van der Waals surface area contributed by atoms with E-state index in [1.165, 1.54) is 18.6 Å². The van der Waals surface area contributed by atoms with Crippen molar-refractivity contribution in [1.29, 1.82) is 0 Å². The lowest BCUT2D eigenvalue weighted by Gasteiger charge is -1.91. The van der Waals surface area contributed by atoms with Crippen LogP contribution in [0.2, 0.25) is 0 Å². The molecule has 3 heteroatoms. The van der Waals surface area contributed by atoms with Gasteiger partial charge in [-0.3, -0.25) is 4.79 Å². The third-order valence-electron chi connectivity index (χ3n) is 1.62. The molecule has 0 aromatic carbocycles. The number of rotatable bonds is 2. The van der Waals surface area contributed by atoms with E-state index in [1.807, 2.05) is 6.92 Å². The second-order valence-corrected chi connectivity index (χ2v) is 4.51. The summed E-state index contributed by atoms with van der Waals surface area (Å²) in [7, 11) is 0. The predicted molar refractivity (Wildman–Crippen MR) is 53.7 cm³/mol. The average molecular weight is 190 g/mol. The van der Waals surface area contributed by atoms with Gasteiger partial charge in [-0.2, -0.15) is 11.8 Å². The number of carboxylic acids is 1. The molecule has 1 aliphatic rings. The first kappa shape index (κ1) is 11.8. The van der Waals surface area contributed by atoms with Gasteiger partial charge in [0, 0.05) is 11.7 Å². The fraction of sp³-hybridized carbons (Fsp3) is 0.889. The molecule has 1 unspecified atom stereocenters. The standard InChI is InChI=1S/C5H10S.C4H8O2/c1-5-3-2-4-6-5;1-2-3-4(5)6/h5H,2-4H2,1H3;2-3H2,1H3,(H,5,6). The Kier molecular flexibility index (Phi) is 7.36. The Labute approximate surface area is 78.7 Å². The van der Waals surface area contributed by atoms with E-state index in [9.17, 15) is 4.79 Å². The van der Waals surface area contributed by atoms with Crippen LogP contribution in [0.1, 0.15) is 39.5 Å². The van der Waals surface area contributed by atoms with Gasteiger partial charge in [-0.05, 0) is 25.0 Å². The summed E-state index contributed by atoms with van der Waals surface area (Å²) in [6.45, 7) is 4.14. The first-order valence-electron chi connectivity index (χ1n) is 4.50. The Hall–Kier alpha value is -0.180. The average Bonchev–Trinajstić information content (AvgIpc) is 2.40. The largest absolute Gasteiger partial charge is 0.481 e. The van der Waals surface area contributed by atoms with Crippen molar-refractivity contribution < 1.29 is 9.90 Å². The highest BCUT2D eigenvalue weighted by atomic mass is 32.2. The quantitative estimate of drug-likeness (QED) is 0.727. The van der Waals surface area contributed by atoms with Gasteiger partial charge in [0.05, 0.1) is 0 Å². The van der Waals surface area contributed by atoms with E-state index in [0.717, 1.165) is 11.7 Å². The van der Waals surface area contributed by atoms with E-state index in [2.05, 4.69) is 18.7 Å². The van der Waals surface area contributed by atoms with Gasteiger partial charge in [0.2, 0.25) is 0 Å². The molecule has 0 radical (unpaired) electrons. The van der Waals surface area contributed by atoms with Crippen molar-refractivity contribution in [2.75, 3.05) is 5.75 Å². The Balaban J connectivity index is 0.000000202. The van der Waals surface area contributed by atoms with Gasteiger partial charge in [-0.25, -0.2) is 0 Å². The molecular formula is C9H18O2S. The summed E-state index contributed by atoms with van der Waals surface area (Å²) in [5.41, 5.74) is 0. The van der Waals surface area contributed by atoms with E-state index in [4.69, 9.17) is 5.11 Å². The minimum absolute atomic E-state index is 0.292. The van der Waals surface area contributed by atoms with E-state index in [1.54, 1.807) is 0 Å². The Morgan fingerprint density at radius 2 is 2.33 bits per heavy atom. The molecular weight excluding hydrogens is 172 g/mol. The zero-order valence-electron chi connectivity index (χ0n) is 7.88. The molecule has 1 fully saturated rings. The van der Waals surface area contributed by atoms with Crippen LogP contribution in [-0.4, -0.2) is 22.1 Å². The van der Waals surface area contributed by atoms with Crippen LogP contribution in [0.15, 0.2) is 0 Å². The van der Waals surface area contributed by atoms with Crippen LogP contribution in [-0.2, 0) is 4.79 Å². The van der Waals surface area contributed by atoms with Crippen LogP contribution >= 0.6 is 11.8 Å². The minimum atomic E-state index is -0.711. The van der Waals surface area contributed by atoms with Crippen LogP contribution in [0.4, 0.5) is 0 Å². The SMILES string of the molecule is CC1CCCS1.CCCC(=O)O. The maximum Gasteiger partial charge on any atom is 0.303 e. The predicted octanol–water partition coefficient (Wildman–Crippen LogP) is 2.77. The molecule has 1 atom stereocenters. The topological polar surface area (TPSA) is 37.3 Å². The van der Waals surface area contributed by atoms with Crippen LogP contribution in [0.3, 0.4) is 0 Å². The molecule has 1 rings (SSSR count). The van der Waals surface area contributed by atoms with Crippen molar-refractivity contribution in [3.05, 3.63) is 0 Å². The zero-order chi connectivity index (χ0) is 9.40. The zero-order valence-corrected chi connectivity index (χ0v) is 8.69. The van der Waals surface area contributed by atoms with Crippen LogP contribution in [0.25, 0.3) is 0 Å². The highest BCUT2D eigenvalue weighted by molar-refractivity contribution is 8.00. The molecule has 12 heavy (non-hydrogen) atoms. The number of aliphatic carboxylic acids is 1. The van der Waals surface area contributed by atoms with E-state index >= 15 is 0 Å². The van der Waals surface area contributed by atoms with Crippen molar-refractivity contribution in [2.45, 2.75) is 44.8 Å². The lowest BCUT2D eigenvalue weighted by Crippen LogP contribution is -1.90. The Morgan fingerprint density at radius 3 is 2.42 bits per heavy atom.